The van der Waals surface area contributed by atoms with E-state index >= 15 is 0 Å². The number of Topliss-reactive ketones (excluding diaryl/α,β-unsaturated/α-hetero) is 1. The van der Waals surface area contributed by atoms with Gasteiger partial charge in [-0.15, -0.1) is 0 Å². The SMILES string of the molecule is CCCCCCC(=O)C(CC)OCC. The largest absolute Gasteiger partial charge is 0.371 e. The molecule has 1 atom stereocenters. The molecule has 14 heavy (non-hydrogen) atoms. The first kappa shape index (κ1) is 13.6. The summed E-state index contributed by atoms with van der Waals surface area (Å²) in [5, 5.41) is 0. The molecule has 0 aliphatic carbocycles. The highest BCUT2D eigenvalue weighted by atomic mass is 16.5. The van der Waals surface area contributed by atoms with Gasteiger partial charge in [0.2, 0.25) is 0 Å². The van der Waals surface area contributed by atoms with Gasteiger partial charge in [-0.05, 0) is 19.8 Å². The van der Waals surface area contributed by atoms with Crippen LogP contribution in [0.15, 0.2) is 0 Å². The molecule has 0 amide bonds. The molecule has 0 N–H and O–H groups in total. The predicted octanol–water partition coefficient (Wildman–Crippen LogP) is 3.34. The second-order valence-electron chi connectivity index (χ2n) is 3.63. The summed E-state index contributed by atoms with van der Waals surface area (Å²) in [6.45, 7) is 6.76. The van der Waals surface area contributed by atoms with Gasteiger partial charge in [0.25, 0.3) is 0 Å². The number of carbonyl (C=O) groups excluding carboxylic acids is 1. The van der Waals surface area contributed by atoms with Gasteiger partial charge in [0.15, 0.2) is 5.78 Å². The topological polar surface area (TPSA) is 26.3 Å². The zero-order valence-electron chi connectivity index (χ0n) is 9.84. The van der Waals surface area contributed by atoms with Gasteiger partial charge < -0.3 is 4.74 Å². The molecule has 1 unspecified atom stereocenters. The van der Waals surface area contributed by atoms with E-state index in [0.717, 1.165) is 12.8 Å². The van der Waals surface area contributed by atoms with Crippen molar-refractivity contribution in [1.29, 1.82) is 0 Å². The van der Waals surface area contributed by atoms with Crippen molar-refractivity contribution in [3.05, 3.63) is 0 Å². The Labute approximate surface area is 88.0 Å². The van der Waals surface area contributed by atoms with Crippen molar-refractivity contribution in [2.45, 2.75) is 65.4 Å². The lowest BCUT2D eigenvalue weighted by molar-refractivity contribution is -0.130. The molecule has 2 heteroatoms. The first-order valence-corrected chi connectivity index (χ1v) is 5.90. The van der Waals surface area contributed by atoms with Crippen molar-refractivity contribution >= 4 is 5.78 Å². The van der Waals surface area contributed by atoms with Gasteiger partial charge in [0.05, 0.1) is 0 Å². The van der Waals surface area contributed by atoms with Crippen LogP contribution in [0, 0.1) is 0 Å². The molecule has 0 rings (SSSR count). The van der Waals surface area contributed by atoms with Crippen molar-refractivity contribution in [3.8, 4) is 0 Å². The third-order valence-electron chi connectivity index (χ3n) is 2.37. The Bertz CT molecular complexity index is 143. The molecule has 0 aliphatic rings. The summed E-state index contributed by atoms with van der Waals surface area (Å²) in [4.78, 5) is 11.6. The van der Waals surface area contributed by atoms with Gasteiger partial charge in [-0.1, -0.05) is 33.1 Å². The first-order valence-electron chi connectivity index (χ1n) is 5.90. The van der Waals surface area contributed by atoms with E-state index in [0.29, 0.717) is 13.0 Å². The summed E-state index contributed by atoms with van der Waals surface area (Å²) < 4.78 is 5.36. The lowest BCUT2D eigenvalue weighted by Crippen LogP contribution is -2.23. The molecule has 0 radical (unpaired) electrons. The highest BCUT2D eigenvalue weighted by Gasteiger charge is 2.14. The van der Waals surface area contributed by atoms with E-state index in [1.54, 1.807) is 0 Å². The maximum atomic E-state index is 11.6. The van der Waals surface area contributed by atoms with Crippen LogP contribution in [0.2, 0.25) is 0 Å². The lowest BCUT2D eigenvalue weighted by atomic mass is 10.1. The molecule has 0 aliphatic heterocycles. The molecular formula is C12H24O2. The summed E-state index contributed by atoms with van der Waals surface area (Å²) >= 11 is 0. The number of rotatable bonds is 9. The molecular weight excluding hydrogens is 176 g/mol. The molecule has 0 aromatic carbocycles. The molecule has 84 valence electrons. The lowest BCUT2D eigenvalue weighted by Gasteiger charge is -2.13. The number of ether oxygens (including phenoxy) is 1. The van der Waals surface area contributed by atoms with E-state index in [1.165, 1.54) is 19.3 Å². The predicted molar refractivity (Wildman–Crippen MR) is 59.5 cm³/mol. The zero-order valence-corrected chi connectivity index (χ0v) is 9.84. The summed E-state index contributed by atoms with van der Waals surface area (Å²) in [6, 6.07) is 0. The van der Waals surface area contributed by atoms with Gasteiger partial charge in [-0.25, -0.2) is 0 Å². The Morgan fingerprint density at radius 3 is 2.36 bits per heavy atom. The van der Waals surface area contributed by atoms with E-state index in [1.807, 2.05) is 13.8 Å². The molecule has 0 aromatic heterocycles. The van der Waals surface area contributed by atoms with E-state index in [9.17, 15) is 4.79 Å². The summed E-state index contributed by atoms with van der Waals surface area (Å²) in [5.41, 5.74) is 0. The van der Waals surface area contributed by atoms with E-state index in [4.69, 9.17) is 4.74 Å². The third-order valence-corrected chi connectivity index (χ3v) is 2.37. The van der Waals surface area contributed by atoms with Crippen molar-refractivity contribution in [1.82, 2.24) is 0 Å². The van der Waals surface area contributed by atoms with Crippen molar-refractivity contribution in [2.24, 2.45) is 0 Å². The first-order chi connectivity index (χ1) is 6.76. The van der Waals surface area contributed by atoms with E-state index in [-0.39, 0.29) is 11.9 Å². The van der Waals surface area contributed by atoms with E-state index in [2.05, 4.69) is 6.92 Å². The van der Waals surface area contributed by atoms with Crippen LogP contribution < -0.4 is 0 Å². The number of carbonyl (C=O) groups is 1. The van der Waals surface area contributed by atoms with Crippen LogP contribution in [0.25, 0.3) is 0 Å². The van der Waals surface area contributed by atoms with Crippen molar-refractivity contribution in [3.63, 3.8) is 0 Å². The average molecular weight is 200 g/mol. The van der Waals surface area contributed by atoms with Crippen molar-refractivity contribution in [2.75, 3.05) is 6.61 Å². The maximum Gasteiger partial charge on any atom is 0.161 e. The van der Waals surface area contributed by atoms with Gasteiger partial charge in [0, 0.05) is 13.0 Å². The standard InChI is InChI=1S/C12H24O2/c1-4-7-8-9-10-11(13)12(5-2)14-6-3/h12H,4-10H2,1-3H3. The fraction of sp³-hybridized carbons (Fsp3) is 0.917. The molecule has 2 nitrogen and oxygen atoms in total. The molecule has 0 aromatic rings. The van der Waals surface area contributed by atoms with Crippen LogP contribution >= 0.6 is 0 Å². The molecule has 0 bridgehead atoms. The summed E-state index contributed by atoms with van der Waals surface area (Å²) in [6.07, 6.45) is 6.00. The number of hydrogen-bond acceptors (Lipinski definition) is 2. The summed E-state index contributed by atoms with van der Waals surface area (Å²) in [5.74, 6) is 0.283. The smallest absolute Gasteiger partial charge is 0.161 e. The molecule has 0 saturated heterocycles. The Balaban J connectivity index is 3.58. The molecule has 0 saturated carbocycles. The van der Waals surface area contributed by atoms with Crippen LogP contribution in [0.5, 0.6) is 0 Å². The third kappa shape index (κ3) is 6.14. The van der Waals surface area contributed by atoms with Gasteiger partial charge >= 0.3 is 0 Å². The van der Waals surface area contributed by atoms with Crippen LogP contribution in [-0.2, 0) is 9.53 Å². The van der Waals surface area contributed by atoms with Crippen LogP contribution in [-0.4, -0.2) is 18.5 Å². The number of ketones is 1. The fourth-order valence-corrected chi connectivity index (χ4v) is 1.53. The summed E-state index contributed by atoms with van der Waals surface area (Å²) in [7, 11) is 0. The second-order valence-corrected chi connectivity index (χ2v) is 3.63. The normalized spacial score (nSPS) is 12.8. The minimum Gasteiger partial charge on any atom is -0.371 e. The molecule has 0 fully saturated rings. The Hall–Kier alpha value is -0.370. The van der Waals surface area contributed by atoms with Gasteiger partial charge in [-0.2, -0.15) is 0 Å². The number of unbranched alkanes of at least 4 members (excludes halogenated alkanes) is 3. The van der Waals surface area contributed by atoms with Gasteiger partial charge in [0.1, 0.15) is 6.10 Å². The highest BCUT2D eigenvalue weighted by molar-refractivity contribution is 5.82. The minimum absolute atomic E-state index is 0.151. The Morgan fingerprint density at radius 2 is 1.86 bits per heavy atom. The van der Waals surface area contributed by atoms with Crippen LogP contribution in [0.4, 0.5) is 0 Å². The Morgan fingerprint density at radius 1 is 1.14 bits per heavy atom. The average Bonchev–Trinajstić information content (AvgIpc) is 2.20. The maximum absolute atomic E-state index is 11.6. The minimum atomic E-state index is -0.151. The van der Waals surface area contributed by atoms with Gasteiger partial charge in [-0.3, -0.25) is 4.79 Å². The van der Waals surface area contributed by atoms with Crippen LogP contribution in [0.3, 0.4) is 0 Å². The number of hydrogen-bond donors (Lipinski definition) is 0. The second kappa shape index (κ2) is 9.20. The monoisotopic (exact) mass is 200 g/mol. The van der Waals surface area contributed by atoms with Crippen LogP contribution in [0.1, 0.15) is 59.3 Å². The fourth-order valence-electron chi connectivity index (χ4n) is 1.53. The quantitative estimate of drug-likeness (QED) is 0.534. The molecule has 0 heterocycles. The van der Waals surface area contributed by atoms with E-state index < -0.39 is 0 Å². The highest BCUT2D eigenvalue weighted by Crippen LogP contribution is 2.08. The Kier molecular flexibility index (Phi) is 8.95. The zero-order chi connectivity index (χ0) is 10.8. The molecule has 0 spiro atoms. The van der Waals surface area contributed by atoms with Crippen molar-refractivity contribution < 1.29 is 9.53 Å².